The van der Waals surface area contributed by atoms with Crippen molar-refractivity contribution in [3.8, 4) is 5.69 Å². The Morgan fingerprint density at radius 1 is 1.24 bits per heavy atom. The van der Waals surface area contributed by atoms with Crippen LogP contribution in [-0.2, 0) is 11.2 Å². The minimum atomic E-state index is -2.18. The number of aromatic nitrogens is 3. The number of carboxylic acid groups (broad SMARTS) is 1. The lowest BCUT2D eigenvalue weighted by atomic mass is 9.98. The zero-order valence-corrected chi connectivity index (χ0v) is 15.7. The van der Waals surface area contributed by atoms with Crippen LogP contribution in [0.1, 0.15) is 31.0 Å². The van der Waals surface area contributed by atoms with E-state index >= 15 is 4.39 Å². The number of rotatable bonds is 5. The number of nitrogens with zero attached hydrogens (tertiary/aromatic N) is 2. The molecule has 5 nitrogen and oxygen atoms in total. The van der Waals surface area contributed by atoms with E-state index in [1.165, 1.54) is 18.3 Å². The third-order valence-corrected chi connectivity index (χ3v) is 5.03. The summed E-state index contributed by atoms with van der Waals surface area (Å²) in [5, 5.41) is 16.2. The molecular formula is C21H18F3N3O2. The zero-order valence-electron chi connectivity index (χ0n) is 15.7. The van der Waals surface area contributed by atoms with Crippen LogP contribution in [-0.4, -0.2) is 32.0 Å². The van der Waals surface area contributed by atoms with E-state index in [4.69, 9.17) is 5.11 Å². The van der Waals surface area contributed by atoms with Crippen molar-refractivity contribution >= 4 is 27.8 Å². The fourth-order valence-electron chi connectivity index (χ4n) is 3.84. The summed E-state index contributed by atoms with van der Waals surface area (Å²) >= 11 is 0. The summed E-state index contributed by atoms with van der Waals surface area (Å²) in [6, 6.07) is 7.38. The normalized spacial score (nSPS) is 12.9. The number of carbonyl (C=O) groups is 1. The number of benzene rings is 2. The lowest BCUT2D eigenvalue weighted by Crippen LogP contribution is -2.18. The summed E-state index contributed by atoms with van der Waals surface area (Å²) in [6.45, 7) is 3.72. The number of aliphatic carboxylic acids is 1. The van der Waals surface area contributed by atoms with Gasteiger partial charge in [-0.3, -0.25) is 5.10 Å². The Bertz CT molecular complexity index is 1230. The van der Waals surface area contributed by atoms with Gasteiger partial charge in [-0.25, -0.2) is 18.0 Å². The molecule has 2 aromatic carbocycles. The van der Waals surface area contributed by atoms with Crippen molar-refractivity contribution in [2.45, 2.75) is 32.4 Å². The lowest BCUT2D eigenvalue weighted by molar-refractivity contribution is -0.142. The van der Waals surface area contributed by atoms with Crippen molar-refractivity contribution in [2.75, 3.05) is 0 Å². The molecule has 0 bridgehead atoms. The van der Waals surface area contributed by atoms with E-state index in [-0.39, 0.29) is 22.4 Å². The van der Waals surface area contributed by atoms with E-state index < -0.39 is 30.2 Å². The van der Waals surface area contributed by atoms with Crippen LogP contribution in [0.3, 0.4) is 0 Å². The summed E-state index contributed by atoms with van der Waals surface area (Å²) in [7, 11) is 0. The highest BCUT2D eigenvalue weighted by atomic mass is 19.1. The van der Waals surface area contributed by atoms with Crippen molar-refractivity contribution in [3.05, 3.63) is 59.4 Å². The molecule has 150 valence electrons. The van der Waals surface area contributed by atoms with Crippen LogP contribution in [0.5, 0.6) is 0 Å². The summed E-state index contributed by atoms with van der Waals surface area (Å²) < 4.78 is 44.9. The van der Waals surface area contributed by atoms with Crippen molar-refractivity contribution in [1.82, 2.24) is 14.8 Å². The van der Waals surface area contributed by atoms with Gasteiger partial charge in [0.15, 0.2) is 5.82 Å². The molecule has 4 rings (SSSR count). The van der Waals surface area contributed by atoms with Gasteiger partial charge in [0, 0.05) is 28.6 Å². The average Bonchev–Trinajstić information content (AvgIpc) is 3.26. The first kappa shape index (κ1) is 19.0. The number of fused-ring (bicyclic) bond motifs is 2. The molecule has 0 aliphatic heterocycles. The van der Waals surface area contributed by atoms with Gasteiger partial charge >= 0.3 is 5.97 Å². The first-order valence-corrected chi connectivity index (χ1v) is 9.11. The van der Waals surface area contributed by atoms with Gasteiger partial charge < -0.3 is 9.67 Å². The largest absolute Gasteiger partial charge is 0.479 e. The van der Waals surface area contributed by atoms with Crippen molar-refractivity contribution in [3.63, 3.8) is 0 Å². The number of nitrogens with one attached hydrogen (secondary N) is 1. The van der Waals surface area contributed by atoms with Crippen LogP contribution in [0.15, 0.2) is 36.5 Å². The molecule has 0 amide bonds. The molecule has 0 spiro atoms. The second-order valence-corrected chi connectivity index (χ2v) is 7.26. The topological polar surface area (TPSA) is 70.9 Å². The van der Waals surface area contributed by atoms with Gasteiger partial charge in [0.2, 0.25) is 6.17 Å². The molecule has 1 atom stereocenters. The van der Waals surface area contributed by atoms with Crippen LogP contribution >= 0.6 is 0 Å². The molecule has 0 aliphatic rings. The Balaban J connectivity index is 2.14. The molecule has 0 saturated heterocycles. The average molecular weight is 401 g/mol. The molecule has 0 radical (unpaired) electrons. The van der Waals surface area contributed by atoms with Crippen molar-refractivity contribution in [2.24, 2.45) is 0 Å². The third kappa shape index (κ3) is 3.04. The van der Waals surface area contributed by atoms with Crippen LogP contribution in [0.2, 0.25) is 0 Å². The van der Waals surface area contributed by atoms with Gasteiger partial charge in [-0.2, -0.15) is 5.10 Å². The number of H-pyrrole nitrogens is 1. The van der Waals surface area contributed by atoms with E-state index in [2.05, 4.69) is 10.2 Å². The molecule has 0 saturated carbocycles. The van der Waals surface area contributed by atoms with Crippen molar-refractivity contribution in [1.29, 1.82) is 0 Å². The van der Waals surface area contributed by atoms with Gasteiger partial charge in [0.05, 0.1) is 11.7 Å². The molecule has 2 aromatic heterocycles. The van der Waals surface area contributed by atoms with Gasteiger partial charge in [-0.1, -0.05) is 13.8 Å². The highest BCUT2D eigenvalue weighted by Gasteiger charge is 2.28. The molecule has 4 aromatic rings. The summed E-state index contributed by atoms with van der Waals surface area (Å²) in [4.78, 5) is 11.2. The van der Waals surface area contributed by atoms with Crippen molar-refractivity contribution < 1.29 is 23.1 Å². The molecule has 0 unspecified atom stereocenters. The first-order valence-electron chi connectivity index (χ1n) is 9.11. The Hall–Kier alpha value is -3.29. The van der Waals surface area contributed by atoms with E-state index in [1.807, 2.05) is 13.8 Å². The fourth-order valence-corrected chi connectivity index (χ4v) is 3.84. The smallest absolute Gasteiger partial charge is 0.338 e. The predicted molar refractivity (Wildman–Crippen MR) is 103 cm³/mol. The number of aromatic amines is 1. The van der Waals surface area contributed by atoms with E-state index in [0.29, 0.717) is 22.3 Å². The maximum absolute atomic E-state index is 15.4. The molecule has 0 fully saturated rings. The predicted octanol–water partition coefficient (Wildman–Crippen LogP) is 4.87. The number of alkyl halides is 1. The Kier molecular flexibility index (Phi) is 4.56. The molecule has 2 heterocycles. The second kappa shape index (κ2) is 6.95. The molecule has 29 heavy (non-hydrogen) atoms. The number of hydrogen-bond acceptors (Lipinski definition) is 2. The highest BCUT2D eigenvalue weighted by molar-refractivity contribution is 5.99. The summed E-state index contributed by atoms with van der Waals surface area (Å²) in [5.74, 6) is -2.83. The van der Waals surface area contributed by atoms with Crippen LogP contribution in [0.4, 0.5) is 13.2 Å². The zero-order chi connectivity index (χ0) is 20.9. The third-order valence-electron chi connectivity index (χ3n) is 5.03. The minimum Gasteiger partial charge on any atom is -0.479 e. The minimum absolute atomic E-state index is 0.138. The maximum atomic E-state index is 15.4. The van der Waals surface area contributed by atoms with Gasteiger partial charge in [0.1, 0.15) is 11.3 Å². The number of carboxylic acids is 1. The molecule has 0 aliphatic carbocycles. The second-order valence-electron chi connectivity index (χ2n) is 7.26. The molecular weight excluding hydrogens is 383 g/mol. The van der Waals surface area contributed by atoms with E-state index in [9.17, 15) is 13.6 Å². The van der Waals surface area contributed by atoms with E-state index in [0.717, 1.165) is 0 Å². The van der Waals surface area contributed by atoms with Crippen LogP contribution in [0, 0.1) is 11.6 Å². The fraction of sp³-hybridized carbons (Fsp3) is 0.238. The summed E-state index contributed by atoms with van der Waals surface area (Å²) in [6.07, 6.45) is -1.19. The quantitative estimate of drug-likeness (QED) is 0.501. The Morgan fingerprint density at radius 2 is 1.93 bits per heavy atom. The van der Waals surface area contributed by atoms with E-state index in [1.54, 1.807) is 22.8 Å². The van der Waals surface area contributed by atoms with Gasteiger partial charge in [0.25, 0.3) is 0 Å². The van der Waals surface area contributed by atoms with Crippen LogP contribution < -0.4 is 0 Å². The lowest BCUT2D eigenvalue weighted by Gasteiger charge is -2.16. The van der Waals surface area contributed by atoms with Crippen LogP contribution in [0.25, 0.3) is 27.5 Å². The molecule has 2 N–H and O–H groups in total. The Labute approximate surface area is 163 Å². The highest BCUT2D eigenvalue weighted by Crippen LogP contribution is 2.39. The monoisotopic (exact) mass is 401 g/mol. The summed E-state index contributed by atoms with van der Waals surface area (Å²) in [5.41, 5.74) is 2.04. The van der Waals surface area contributed by atoms with Gasteiger partial charge in [-0.15, -0.1) is 0 Å². The first-order chi connectivity index (χ1) is 13.8. The Morgan fingerprint density at radius 3 is 2.55 bits per heavy atom. The van der Waals surface area contributed by atoms with Gasteiger partial charge in [-0.05, 0) is 41.8 Å². The standard InChI is InChI=1S/C21H18F3N3O2/c1-10(2)20-14(8-15(23)21(28)29)17-16(7-11-9-25-26-19(11)18(17)24)27(20)13-5-3-12(22)4-6-13/h3-7,9-10,15H,8H2,1-2H3,(H,25,26)(H,28,29)/t15-/m0/s1. The molecule has 8 heteroatoms. The number of hydrogen-bond donors (Lipinski definition) is 2. The maximum Gasteiger partial charge on any atom is 0.338 e. The number of halogens is 3. The SMILES string of the molecule is CC(C)c1c(C[C@H](F)C(=O)O)c2c(F)c3[nH]ncc3cc2n1-c1ccc(F)cc1.